The number of nitrogens with one attached hydrogen (secondary N) is 1. The van der Waals surface area contributed by atoms with Crippen LogP contribution in [0.4, 0.5) is 18.9 Å². The smallest absolute Gasteiger partial charge is 0.354 e. The van der Waals surface area contributed by atoms with Gasteiger partial charge in [-0.2, -0.15) is 13.2 Å². The monoisotopic (exact) mass is 653 g/mol. The Balaban J connectivity index is 2.04. The molecule has 0 saturated carbocycles. The Hall–Kier alpha value is -3.38. The number of benzene rings is 3. The Kier molecular flexibility index (Phi) is 11.0. The minimum absolute atomic E-state index is 0.0315. The van der Waals surface area contributed by atoms with Crippen molar-refractivity contribution in [1.82, 2.24) is 10.2 Å². The lowest BCUT2D eigenvalue weighted by atomic mass is 10.1. The molecule has 3 aromatic rings. The van der Waals surface area contributed by atoms with E-state index in [4.69, 9.17) is 0 Å². The van der Waals surface area contributed by atoms with Gasteiger partial charge in [0.1, 0.15) is 12.6 Å². The summed E-state index contributed by atoms with van der Waals surface area (Å²) in [4.78, 5) is 27.8. The van der Waals surface area contributed by atoms with Gasteiger partial charge in [0.25, 0.3) is 10.0 Å². The molecule has 0 aliphatic rings. The van der Waals surface area contributed by atoms with Gasteiger partial charge in [-0.3, -0.25) is 13.9 Å². The summed E-state index contributed by atoms with van der Waals surface area (Å²) in [6.07, 6.45) is -3.15. The normalized spacial score (nSPS) is 12.4. The quantitative estimate of drug-likeness (QED) is 0.243. The Morgan fingerprint density at radius 1 is 0.976 bits per heavy atom. The number of nitrogens with zero attached hydrogens (tertiary/aromatic N) is 2. The highest BCUT2D eigenvalue weighted by Crippen LogP contribution is 2.33. The van der Waals surface area contributed by atoms with Crippen molar-refractivity contribution in [3.63, 3.8) is 0 Å². The van der Waals surface area contributed by atoms with Crippen molar-refractivity contribution in [3.8, 4) is 0 Å². The first kappa shape index (κ1) is 32.1. The molecule has 0 aliphatic heterocycles. The van der Waals surface area contributed by atoms with Gasteiger partial charge in [-0.25, -0.2) is 8.42 Å². The largest absolute Gasteiger partial charge is 0.416 e. The molecule has 3 rings (SSSR count). The molecule has 2 amide bonds. The van der Waals surface area contributed by atoms with E-state index in [0.29, 0.717) is 22.5 Å². The van der Waals surface area contributed by atoms with E-state index in [0.717, 1.165) is 29.4 Å². The fourth-order valence-electron chi connectivity index (χ4n) is 3.99. The molecular weight excluding hydrogens is 623 g/mol. The lowest BCUT2D eigenvalue weighted by Crippen LogP contribution is -2.51. The van der Waals surface area contributed by atoms with Gasteiger partial charge < -0.3 is 10.2 Å². The average molecular weight is 655 g/mol. The van der Waals surface area contributed by atoms with Crippen LogP contribution < -0.4 is 9.62 Å². The fourth-order valence-corrected chi connectivity index (χ4v) is 5.68. The maximum Gasteiger partial charge on any atom is 0.416 e. The summed E-state index contributed by atoms with van der Waals surface area (Å²) >= 11 is 3.35. The average Bonchev–Trinajstić information content (AvgIpc) is 2.95. The Morgan fingerprint density at radius 2 is 1.63 bits per heavy atom. The van der Waals surface area contributed by atoms with Crippen molar-refractivity contribution in [2.45, 2.75) is 50.3 Å². The Labute approximate surface area is 246 Å². The second-order valence-corrected chi connectivity index (χ2v) is 12.1. The molecule has 0 bridgehead atoms. The van der Waals surface area contributed by atoms with Crippen LogP contribution in [0.2, 0.25) is 0 Å². The van der Waals surface area contributed by atoms with E-state index in [2.05, 4.69) is 21.2 Å². The third-order valence-corrected chi connectivity index (χ3v) is 8.65. The number of anilines is 1. The second kappa shape index (κ2) is 14.0. The summed E-state index contributed by atoms with van der Waals surface area (Å²) in [6.45, 7) is 3.03. The molecule has 0 heterocycles. The predicted octanol–water partition coefficient (Wildman–Crippen LogP) is 6.00. The standard InChI is InChI=1S/C29H31BrF3N3O4S/c1-3-4-17-34-28(38)21(2)35(19-22-13-15-24(30)16-14-22)27(37)20-36(41(39,40)26-11-6-5-7-12-26)25-10-8-9-23(18-25)29(31,32)33/h5-16,18,21H,3-4,17,19-20H2,1-2H3,(H,34,38)/t21-/m1/s1. The van der Waals surface area contributed by atoms with E-state index >= 15 is 0 Å². The lowest BCUT2D eigenvalue weighted by molar-refractivity contribution is -0.139. The molecule has 41 heavy (non-hydrogen) atoms. The van der Waals surface area contributed by atoms with Crippen LogP contribution in [0.5, 0.6) is 0 Å². The van der Waals surface area contributed by atoms with Crippen LogP contribution in [0.25, 0.3) is 0 Å². The van der Waals surface area contributed by atoms with Crippen LogP contribution >= 0.6 is 15.9 Å². The number of carbonyl (C=O) groups excluding carboxylic acids is 2. The fraction of sp³-hybridized carbons (Fsp3) is 0.310. The predicted molar refractivity (Wildman–Crippen MR) is 154 cm³/mol. The zero-order chi connectivity index (χ0) is 30.2. The summed E-state index contributed by atoms with van der Waals surface area (Å²) in [5, 5.41) is 2.78. The van der Waals surface area contributed by atoms with Gasteiger partial charge in [0.2, 0.25) is 11.8 Å². The summed E-state index contributed by atoms with van der Waals surface area (Å²) < 4.78 is 69.5. The molecule has 0 fully saturated rings. The molecular formula is C29H31BrF3N3O4S. The molecule has 12 heteroatoms. The minimum Gasteiger partial charge on any atom is -0.354 e. The van der Waals surface area contributed by atoms with Gasteiger partial charge in [0.05, 0.1) is 16.1 Å². The van der Waals surface area contributed by atoms with Crippen molar-refractivity contribution in [1.29, 1.82) is 0 Å². The first-order chi connectivity index (χ1) is 19.3. The summed E-state index contributed by atoms with van der Waals surface area (Å²) in [6, 6.07) is 16.9. The highest BCUT2D eigenvalue weighted by molar-refractivity contribution is 9.10. The number of carbonyl (C=O) groups is 2. The molecule has 0 unspecified atom stereocenters. The minimum atomic E-state index is -4.74. The van der Waals surface area contributed by atoms with Gasteiger partial charge in [-0.15, -0.1) is 0 Å². The van der Waals surface area contributed by atoms with Crippen molar-refractivity contribution >= 4 is 43.5 Å². The summed E-state index contributed by atoms with van der Waals surface area (Å²) in [5.41, 5.74) is -0.724. The highest BCUT2D eigenvalue weighted by Gasteiger charge is 2.35. The van der Waals surface area contributed by atoms with Crippen LogP contribution in [-0.2, 0) is 32.3 Å². The zero-order valence-corrected chi connectivity index (χ0v) is 25.0. The highest BCUT2D eigenvalue weighted by atomic mass is 79.9. The maximum absolute atomic E-state index is 13.8. The van der Waals surface area contributed by atoms with Crippen LogP contribution in [0.1, 0.15) is 37.8 Å². The molecule has 1 atom stereocenters. The molecule has 0 aromatic heterocycles. The SMILES string of the molecule is CCCCNC(=O)[C@@H](C)N(Cc1ccc(Br)cc1)C(=O)CN(c1cccc(C(F)(F)F)c1)S(=O)(=O)c1ccccc1. The number of amides is 2. The van der Waals surface area contributed by atoms with E-state index in [9.17, 15) is 31.2 Å². The number of rotatable bonds is 12. The number of halogens is 4. The van der Waals surface area contributed by atoms with Gasteiger partial charge in [-0.05, 0) is 61.4 Å². The number of hydrogen-bond acceptors (Lipinski definition) is 4. The molecule has 0 radical (unpaired) electrons. The molecule has 1 N–H and O–H groups in total. The van der Waals surface area contributed by atoms with E-state index in [-0.39, 0.29) is 17.1 Å². The number of hydrogen-bond donors (Lipinski definition) is 1. The molecule has 220 valence electrons. The van der Waals surface area contributed by atoms with E-state index < -0.39 is 46.2 Å². The van der Waals surface area contributed by atoms with Crippen LogP contribution in [0.15, 0.2) is 88.2 Å². The first-order valence-electron chi connectivity index (χ1n) is 12.9. The Morgan fingerprint density at radius 3 is 2.24 bits per heavy atom. The summed E-state index contributed by atoms with van der Waals surface area (Å²) in [5.74, 6) is -1.19. The summed E-state index contributed by atoms with van der Waals surface area (Å²) in [7, 11) is -4.48. The van der Waals surface area contributed by atoms with Gasteiger partial charge in [0.15, 0.2) is 0 Å². The topological polar surface area (TPSA) is 86.8 Å². The van der Waals surface area contributed by atoms with Gasteiger partial charge in [0, 0.05) is 17.6 Å². The van der Waals surface area contributed by atoms with Crippen molar-refractivity contribution < 1.29 is 31.2 Å². The maximum atomic E-state index is 13.8. The Bertz CT molecular complexity index is 1440. The molecule has 0 aliphatic carbocycles. The molecule has 3 aromatic carbocycles. The number of unbranched alkanes of at least 4 members (excludes halogenated alkanes) is 1. The third kappa shape index (κ3) is 8.56. The van der Waals surface area contributed by atoms with Crippen LogP contribution in [0, 0.1) is 0 Å². The van der Waals surface area contributed by atoms with Gasteiger partial charge >= 0.3 is 6.18 Å². The zero-order valence-electron chi connectivity index (χ0n) is 22.6. The number of sulfonamides is 1. The van der Waals surface area contributed by atoms with E-state index in [1.807, 2.05) is 6.92 Å². The van der Waals surface area contributed by atoms with Gasteiger partial charge in [-0.1, -0.05) is 65.7 Å². The van der Waals surface area contributed by atoms with Crippen LogP contribution in [0.3, 0.4) is 0 Å². The van der Waals surface area contributed by atoms with Crippen molar-refractivity contribution in [3.05, 3.63) is 94.5 Å². The van der Waals surface area contributed by atoms with Crippen molar-refractivity contribution in [2.75, 3.05) is 17.4 Å². The number of alkyl halides is 3. The molecule has 0 spiro atoms. The lowest BCUT2D eigenvalue weighted by Gasteiger charge is -2.32. The van der Waals surface area contributed by atoms with Crippen molar-refractivity contribution in [2.24, 2.45) is 0 Å². The second-order valence-electron chi connectivity index (χ2n) is 9.34. The first-order valence-corrected chi connectivity index (χ1v) is 15.1. The van der Waals surface area contributed by atoms with E-state index in [1.54, 1.807) is 30.3 Å². The van der Waals surface area contributed by atoms with E-state index in [1.165, 1.54) is 42.2 Å². The van der Waals surface area contributed by atoms with Crippen LogP contribution in [-0.4, -0.2) is 44.3 Å². The molecule has 0 saturated heterocycles. The third-order valence-electron chi connectivity index (χ3n) is 6.33. The molecule has 7 nitrogen and oxygen atoms in total.